The van der Waals surface area contributed by atoms with Crippen molar-refractivity contribution in [2.45, 2.75) is 19.2 Å². The maximum absolute atomic E-state index is 13.7. The minimum absolute atomic E-state index is 0.247. The molecule has 0 saturated heterocycles. The van der Waals surface area contributed by atoms with E-state index in [1.807, 2.05) is 6.07 Å². The fraction of sp³-hybridized carbons (Fsp3) is 0.385. The first-order valence-electron chi connectivity index (χ1n) is 6.23. The Labute approximate surface area is 119 Å². The molecule has 0 aliphatic carbocycles. The number of thioether (sulfide) groups is 2. The lowest BCUT2D eigenvalue weighted by atomic mass is 10.3. The van der Waals surface area contributed by atoms with Crippen LogP contribution >= 0.6 is 23.5 Å². The van der Waals surface area contributed by atoms with Crippen LogP contribution in [0.25, 0.3) is 11.0 Å². The molecular formula is C13H14FN3S2. The van der Waals surface area contributed by atoms with Crippen molar-refractivity contribution in [3.63, 3.8) is 0 Å². The van der Waals surface area contributed by atoms with Crippen LogP contribution in [0.4, 0.5) is 4.39 Å². The van der Waals surface area contributed by atoms with E-state index in [1.165, 1.54) is 6.07 Å². The zero-order chi connectivity index (χ0) is 13.2. The molecule has 0 unspecified atom stereocenters. The van der Waals surface area contributed by atoms with E-state index in [1.54, 1.807) is 29.6 Å². The Morgan fingerprint density at radius 2 is 2.37 bits per heavy atom. The first-order chi connectivity index (χ1) is 9.29. The van der Waals surface area contributed by atoms with Crippen LogP contribution in [-0.4, -0.2) is 26.2 Å². The van der Waals surface area contributed by atoms with E-state index in [0.717, 1.165) is 40.3 Å². The summed E-state index contributed by atoms with van der Waals surface area (Å²) in [7, 11) is 0. The van der Waals surface area contributed by atoms with Crippen LogP contribution in [0.3, 0.4) is 0 Å². The highest BCUT2D eigenvalue weighted by molar-refractivity contribution is 8.38. The highest BCUT2D eigenvalue weighted by atomic mass is 32.2. The summed E-state index contributed by atoms with van der Waals surface area (Å²) < 4.78 is 16.9. The number of nitrogens with zero attached hydrogens (tertiary/aromatic N) is 3. The van der Waals surface area contributed by atoms with Crippen molar-refractivity contribution in [1.82, 2.24) is 9.55 Å². The molecule has 0 atom stereocenters. The molecule has 2 heterocycles. The number of aryl methyl sites for hydroxylation is 1. The summed E-state index contributed by atoms with van der Waals surface area (Å²) in [6.45, 7) is 3.77. The molecule has 3 rings (SSSR count). The van der Waals surface area contributed by atoms with E-state index < -0.39 is 0 Å². The molecule has 0 spiro atoms. The number of para-hydroxylation sites is 1. The van der Waals surface area contributed by atoms with Gasteiger partial charge in [-0.05, 0) is 19.1 Å². The first kappa shape index (κ1) is 13.0. The number of hydrogen-bond acceptors (Lipinski definition) is 4. The number of fused-ring (bicyclic) bond motifs is 1. The van der Waals surface area contributed by atoms with Crippen LogP contribution in [0.2, 0.25) is 0 Å². The molecule has 0 saturated carbocycles. The zero-order valence-electron chi connectivity index (χ0n) is 10.6. The molecule has 0 radical (unpaired) electrons. The minimum atomic E-state index is -0.247. The van der Waals surface area contributed by atoms with E-state index in [0.29, 0.717) is 5.52 Å². The normalized spacial score (nSPS) is 15.2. The van der Waals surface area contributed by atoms with Crippen LogP contribution in [0, 0.1) is 5.82 Å². The van der Waals surface area contributed by atoms with Crippen LogP contribution in [0.5, 0.6) is 0 Å². The van der Waals surface area contributed by atoms with Crippen molar-refractivity contribution in [3.05, 3.63) is 29.8 Å². The van der Waals surface area contributed by atoms with E-state index >= 15 is 0 Å². The second-order valence-corrected chi connectivity index (χ2v) is 6.47. The summed E-state index contributed by atoms with van der Waals surface area (Å²) in [6, 6.07) is 5.12. The molecule has 0 N–H and O–H groups in total. The molecular weight excluding hydrogens is 281 g/mol. The van der Waals surface area contributed by atoms with Gasteiger partial charge >= 0.3 is 0 Å². The molecule has 100 valence electrons. The van der Waals surface area contributed by atoms with Crippen molar-refractivity contribution < 1.29 is 4.39 Å². The lowest BCUT2D eigenvalue weighted by molar-refractivity contribution is 0.637. The summed E-state index contributed by atoms with van der Waals surface area (Å²) >= 11 is 3.48. The fourth-order valence-electron chi connectivity index (χ4n) is 2.15. The number of aliphatic imine (C=N–C) groups is 1. The Balaban J connectivity index is 1.91. The highest BCUT2D eigenvalue weighted by Gasteiger charge is 2.14. The van der Waals surface area contributed by atoms with Crippen LogP contribution in [-0.2, 0) is 12.3 Å². The van der Waals surface area contributed by atoms with Gasteiger partial charge in [-0.3, -0.25) is 4.99 Å². The molecule has 1 aliphatic heterocycles. The van der Waals surface area contributed by atoms with Gasteiger partial charge in [0.25, 0.3) is 0 Å². The molecule has 0 amide bonds. The molecule has 1 aromatic heterocycles. The number of halogens is 1. The second kappa shape index (κ2) is 5.54. The van der Waals surface area contributed by atoms with E-state index in [4.69, 9.17) is 0 Å². The Morgan fingerprint density at radius 3 is 3.11 bits per heavy atom. The second-order valence-electron chi connectivity index (χ2n) is 4.16. The fourth-order valence-corrected chi connectivity index (χ4v) is 4.11. The van der Waals surface area contributed by atoms with Crippen LogP contribution < -0.4 is 0 Å². The Bertz CT molecular complexity index is 636. The quantitative estimate of drug-likeness (QED) is 0.867. The Hall–Kier alpha value is -1.01. The molecule has 3 nitrogen and oxygen atoms in total. The number of hydrogen-bond donors (Lipinski definition) is 0. The van der Waals surface area contributed by atoms with Gasteiger partial charge in [0.2, 0.25) is 0 Å². The van der Waals surface area contributed by atoms with Gasteiger partial charge in [0, 0.05) is 12.3 Å². The first-order valence-corrected chi connectivity index (χ1v) is 8.20. The number of rotatable bonds is 3. The third kappa shape index (κ3) is 2.51. The molecule has 1 aromatic carbocycles. The summed E-state index contributed by atoms with van der Waals surface area (Å²) in [5.41, 5.74) is 1.35. The smallest absolute Gasteiger partial charge is 0.151 e. The van der Waals surface area contributed by atoms with Gasteiger partial charge in [-0.2, -0.15) is 0 Å². The SMILES string of the molecule is CCn1c(CSC2=NCCS2)nc2c(F)cccc21. The number of imidazole rings is 1. The van der Waals surface area contributed by atoms with Gasteiger partial charge in [0.05, 0.1) is 17.8 Å². The maximum Gasteiger partial charge on any atom is 0.151 e. The van der Waals surface area contributed by atoms with E-state index in [9.17, 15) is 4.39 Å². The average Bonchev–Trinajstić information content (AvgIpc) is 3.03. The number of aromatic nitrogens is 2. The minimum Gasteiger partial charge on any atom is -0.327 e. The lowest BCUT2D eigenvalue weighted by Gasteiger charge is -2.05. The maximum atomic E-state index is 13.7. The summed E-state index contributed by atoms with van der Waals surface area (Å²) in [4.78, 5) is 8.86. The van der Waals surface area contributed by atoms with Crippen molar-refractivity contribution in [3.8, 4) is 0 Å². The predicted octanol–water partition coefficient (Wildman–Crippen LogP) is 3.53. The summed E-state index contributed by atoms with van der Waals surface area (Å²) in [6.07, 6.45) is 0. The highest BCUT2D eigenvalue weighted by Crippen LogP contribution is 2.27. The van der Waals surface area contributed by atoms with Crippen molar-refractivity contribution in [2.24, 2.45) is 4.99 Å². The topological polar surface area (TPSA) is 30.2 Å². The monoisotopic (exact) mass is 295 g/mol. The summed E-state index contributed by atoms with van der Waals surface area (Å²) in [5, 5.41) is 0. The van der Waals surface area contributed by atoms with E-state index in [-0.39, 0.29) is 5.82 Å². The van der Waals surface area contributed by atoms with Crippen LogP contribution in [0.15, 0.2) is 23.2 Å². The molecule has 6 heteroatoms. The Morgan fingerprint density at radius 1 is 1.47 bits per heavy atom. The summed E-state index contributed by atoms with van der Waals surface area (Å²) in [5.74, 6) is 2.49. The Kier molecular flexibility index (Phi) is 3.79. The van der Waals surface area contributed by atoms with Gasteiger partial charge in [0.1, 0.15) is 15.7 Å². The zero-order valence-corrected chi connectivity index (χ0v) is 12.2. The third-order valence-corrected chi connectivity index (χ3v) is 5.26. The van der Waals surface area contributed by atoms with Crippen molar-refractivity contribution in [2.75, 3.05) is 12.3 Å². The van der Waals surface area contributed by atoms with Gasteiger partial charge < -0.3 is 4.57 Å². The average molecular weight is 295 g/mol. The molecule has 19 heavy (non-hydrogen) atoms. The molecule has 0 fully saturated rings. The standard InChI is InChI=1S/C13H14FN3S2/c1-2-17-10-5-3-4-9(14)12(10)16-11(17)8-19-13-15-6-7-18-13/h3-5H,2,6-8H2,1H3. The van der Waals surface area contributed by atoms with Gasteiger partial charge in [-0.1, -0.05) is 29.6 Å². The van der Waals surface area contributed by atoms with Gasteiger partial charge in [0.15, 0.2) is 5.82 Å². The number of benzene rings is 1. The lowest BCUT2D eigenvalue weighted by Crippen LogP contribution is -2.00. The molecule has 0 bridgehead atoms. The van der Waals surface area contributed by atoms with Crippen molar-refractivity contribution >= 4 is 38.9 Å². The molecule has 2 aromatic rings. The van der Waals surface area contributed by atoms with E-state index in [2.05, 4.69) is 21.5 Å². The van der Waals surface area contributed by atoms with Gasteiger partial charge in [-0.25, -0.2) is 9.37 Å². The largest absolute Gasteiger partial charge is 0.327 e. The van der Waals surface area contributed by atoms with Crippen LogP contribution in [0.1, 0.15) is 12.7 Å². The van der Waals surface area contributed by atoms with Gasteiger partial charge in [-0.15, -0.1) is 0 Å². The van der Waals surface area contributed by atoms with Crippen molar-refractivity contribution in [1.29, 1.82) is 0 Å². The molecule has 1 aliphatic rings. The predicted molar refractivity (Wildman–Crippen MR) is 81.4 cm³/mol. The third-order valence-electron chi connectivity index (χ3n) is 3.01.